The summed E-state index contributed by atoms with van der Waals surface area (Å²) >= 11 is 3.37. The number of amides is 1. The van der Waals surface area contributed by atoms with Gasteiger partial charge in [0.1, 0.15) is 12.4 Å². The van der Waals surface area contributed by atoms with Crippen LogP contribution in [0.1, 0.15) is 24.1 Å². The van der Waals surface area contributed by atoms with Gasteiger partial charge in [0.2, 0.25) is 0 Å². The third kappa shape index (κ3) is 4.52. The van der Waals surface area contributed by atoms with Gasteiger partial charge in [-0.05, 0) is 36.8 Å². The van der Waals surface area contributed by atoms with Crippen molar-refractivity contribution in [3.05, 3.63) is 69.7 Å². The van der Waals surface area contributed by atoms with Gasteiger partial charge in [0.25, 0.3) is 5.91 Å². The highest BCUT2D eigenvalue weighted by molar-refractivity contribution is 9.10. The molecule has 2 aromatic carbocycles. The summed E-state index contributed by atoms with van der Waals surface area (Å²) in [5.41, 5.74) is 2.17. The van der Waals surface area contributed by atoms with Crippen LogP contribution in [0.5, 0.6) is 5.75 Å². The lowest BCUT2D eigenvalue weighted by molar-refractivity contribution is -0.145. The lowest BCUT2D eigenvalue weighted by atomic mass is 10.1. The number of benzene rings is 2. The fraction of sp³-hybridized carbons (Fsp3) is 0.200. The Balaban J connectivity index is 1.52. The van der Waals surface area contributed by atoms with Crippen molar-refractivity contribution in [2.45, 2.75) is 13.0 Å². The molecule has 3 rings (SSSR count). The highest BCUT2D eigenvalue weighted by atomic mass is 79.9. The first-order chi connectivity index (χ1) is 12.5. The van der Waals surface area contributed by atoms with E-state index in [4.69, 9.17) is 9.47 Å². The minimum Gasteiger partial charge on any atom is -0.488 e. The van der Waals surface area contributed by atoms with E-state index in [9.17, 15) is 9.59 Å². The summed E-state index contributed by atoms with van der Waals surface area (Å²) < 4.78 is 11.6. The van der Waals surface area contributed by atoms with E-state index in [1.165, 1.54) is 0 Å². The highest BCUT2D eigenvalue weighted by Crippen LogP contribution is 2.26. The van der Waals surface area contributed by atoms with Crippen LogP contribution in [0.15, 0.2) is 58.6 Å². The van der Waals surface area contributed by atoms with E-state index in [0.29, 0.717) is 5.57 Å². The number of ether oxygens (including phenoxy) is 2. The number of carbonyl (C=O) groups excluding carboxylic acids is 2. The average Bonchev–Trinajstić information content (AvgIpc) is 2.66. The highest BCUT2D eigenvalue weighted by Gasteiger charge is 2.19. The first-order valence-corrected chi connectivity index (χ1v) is 8.96. The van der Waals surface area contributed by atoms with E-state index >= 15 is 0 Å². The first-order valence-electron chi connectivity index (χ1n) is 8.17. The third-order valence-corrected chi connectivity index (χ3v) is 4.50. The molecule has 0 saturated carbocycles. The van der Waals surface area contributed by atoms with Crippen molar-refractivity contribution in [1.82, 2.24) is 5.32 Å². The van der Waals surface area contributed by atoms with Crippen molar-refractivity contribution in [3.63, 3.8) is 0 Å². The molecule has 0 saturated heterocycles. The molecular weight excluding hydrogens is 398 g/mol. The second-order valence-corrected chi connectivity index (χ2v) is 6.83. The van der Waals surface area contributed by atoms with Gasteiger partial charge in [0, 0.05) is 10.0 Å². The normalized spacial score (nSPS) is 13.7. The van der Waals surface area contributed by atoms with E-state index in [-0.39, 0.29) is 25.2 Å². The fourth-order valence-electron chi connectivity index (χ4n) is 2.58. The van der Waals surface area contributed by atoms with Gasteiger partial charge in [-0.15, -0.1) is 0 Å². The fourth-order valence-corrected chi connectivity index (χ4v) is 2.84. The Labute approximate surface area is 160 Å². The quantitative estimate of drug-likeness (QED) is 0.756. The van der Waals surface area contributed by atoms with Gasteiger partial charge in [-0.2, -0.15) is 0 Å². The molecule has 0 aromatic heterocycles. The van der Waals surface area contributed by atoms with Gasteiger partial charge in [0.05, 0.1) is 11.6 Å². The van der Waals surface area contributed by atoms with Gasteiger partial charge in [0.15, 0.2) is 6.61 Å². The predicted octanol–water partition coefficient (Wildman–Crippen LogP) is 3.65. The summed E-state index contributed by atoms with van der Waals surface area (Å²) in [6.45, 7) is 1.67. The Bertz CT molecular complexity index is 845. The largest absolute Gasteiger partial charge is 0.488 e. The van der Waals surface area contributed by atoms with Crippen molar-refractivity contribution in [3.8, 4) is 5.75 Å². The number of hydrogen-bond acceptors (Lipinski definition) is 4. The van der Waals surface area contributed by atoms with Crippen LogP contribution in [0.3, 0.4) is 0 Å². The zero-order valence-corrected chi connectivity index (χ0v) is 15.8. The van der Waals surface area contributed by atoms with Crippen molar-refractivity contribution in [2.24, 2.45) is 0 Å². The van der Waals surface area contributed by atoms with E-state index < -0.39 is 5.97 Å². The van der Waals surface area contributed by atoms with Crippen LogP contribution in [0.4, 0.5) is 0 Å². The number of esters is 1. The van der Waals surface area contributed by atoms with Crippen LogP contribution >= 0.6 is 15.9 Å². The molecule has 0 fully saturated rings. The molecule has 0 aliphatic carbocycles. The number of hydrogen-bond donors (Lipinski definition) is 1. The monoisotopic (exact) mass is 415 g/mol. The molecule has 1 aliphatic rings. The molecule has 0 bridgehead atoms. The topological polar surface area (TPSA) is 64.6 Å². The summed E-state index contributed by atoms with van der Waals surface area (Å²) in [6.07, 6.45) is 1.73. The summed E-state index contributed by atoms with van der Waals surface area (Å²) in [5.74, 6) is -0.178. The van der Waals surface area contributed by atoms with E-state index in [1.807, 2.05) is 55.5 Å². The smallest absolute Gasteiger partial charge is 0.338 e. The molecule has 26 heavy (non-hydrogen) atoms. The van der Waals surface area contributed by atoms with Gasteiger partial charge in [-0.25, -0.2) is 4.79 Å². The summed E-state index contributed by atoms with van der Waals surface area (Å²) in [7, 11) is 0. The zero-order chi connectivity index (χ0) is 18.5. The SMILES string of the molecule is C[C@@H](NC(=O)COC(=O)C1=Cc2ccccc2OC1)c1ccc(Br)cc1. The van der Waals surface area contributed by atoms with Crippen LogP contribution in [-0.4, -0.2) is 25.1 Å². The minimum atomic E-state index is -0.550. The standard InChI is InChI=1S/C20H18BrNO4/c1-13(14-6-8-17(21)9-7-14)22-19(23)12-26-20(24)16-10-15-4-2-3-5-18(15)25-11-16/h2-10,13H,11-12H2,1H3,(H,22,23)/t13-/m1/s1. The lowest BCUT2D eigenvalue weighted by Crippen LogP contribution is -2.31. The summed E-state index contributed by atoms with van der Waals surface area (Å²) in [4.78, 5) is 24.2. The van der Waals surface area contributed by atoms with E-state index in [0.717, 1.165) is 21.3 Å². The maximum Gasteiger partial charge on any atom is 0.338 e. The van der Waals surface area contributed by atoms with Gasteiger partial charge < -0.3 is 14.8 Å². The molecule has 0 spiro atoms. The second kappa shape index (κ2) is 8.19. The Hall–Kier alpha value is -2.60. The third-order valence-electron chi connectivity index (χ3n) is 3.98. The number of nitrogens with one attached hydrogen (secondary N) is 1. The summed E-state index contributed by atoms with van der Waals surface area (Å²) in [6, 6.07) is 14.9. The second-order valence-electron chi connectivity index (χ2n) is 5.91. The number of para-hydroxylation sites is 1. The average molecular weight is 416 g/mol. The van der Waals surface area contributed by atoms with Crippen molar-refractivity contribution in [1.29, 1.82) is 0 Å². The van der Waals surface area contributed by atoms with Gasteiger partial charge in [-0.1, -0.05) is 46.3 Å². The van der Waals surface area contributed by atoms with E-state index in [2.05, 4.69) is 21.2 Å². The molecule has 6 heteroatoms. The van der Waals surface area contributed by atoms with Crippen LogP contribution in [0.2, 0.25) is 0 Å². The Morgan fingerprint density at radius 3 is 2.69 bits per heavy atom. The molecule has 2 aromatic rings. The molecule has 5 nitrogen and oxygen atoms in total. The maximum absolute atomic E-state index is 12.1. The van der Waals surface area contributed by atoms with Gasteiger partial charge in [-0.3, -0.25) is 4.79 Å². The number of fused-ring (bicyclic) bond motifs is 1. The predicted molar refractivity (Wildman–Crippen MR) is 102 cm³/mol. The first kappa shape index (κ1) is 18.2. The number of halogens is 1. The van der Waals surface area contributed by atoms with Crippen LogP contribution in [0, 0.1) is 0 Å². The van der Waals surface area contributed by atoms with E-state index in [1.54, 1.807) is 6.08 Å². The maximum atomic E-state index is 12.1. The van der Waals surface area contributed by atoms with Crippen molar-refractivity contribution >= 4 is 33.9 Å². The molecule has 134 valence electrons. The zero-order valence-electron chi connectivity index (χ0n) is 14.2. The number of rotatable bonds is 5. The molecule has 1 amide bonds. The Morgan fingerprint density at radius 2 is 1.92 bits per heavy atom. The minimum absolute atomic E-state index is 0.132. The van der Waals surface area contributed by atoms with Crippen LogP contribution in [0.25, 0.3) is 6.08 Å². The van der Waals surface area contributed by atoms with Gasteiger partial charge >= 0.3 is 5.97 Å². The molecule has 1 aliphatic heterocycles. The van der Waals surface area contributed by atoms with Crippen LogP contribution in [-0.2, 0) is 14.3 Å². The van der Waals surface area contributed by atoms with Crippen molar-refractivity contribution < 1.29 is 19.1 Å². The van der Waals surface area contributed by atoms with Crippen LogP contribution < -0.4 is 10.1 Å². The Morgan fingerprint density at radius 1 is 1.19 bits per heavy atom. The molecule has 1 heterocycles. The van der Waals surface area contributed by atoms with Crippen molar-refractivity contribution in [2.75, 3.05) is 13.2 Å². The molecule has 0 unspecified atom stereocenters. The molecule has 0 radical (unpaired) electrons. The molecule has 1 atom stereocenters. The lowest BCUT2D eigenvalue weighted by Gasteiger charge is -2.17. The number of carbonyl (C=O) groups is 2. The molecule has 1 N–H and O–H groups in total. The summed E-state index contributed by atoms with van der Waals surface area (Å²) in [5, 5.41) is 2.81. The Kier molecular flexibility index (Phi) is 5.73. The molecular formula is C20H18BrNO4.